The predicted molar refractivity (Wildman–Crippen MR) is 51.6 cm³/mol. The van der Waals surface area contributed by atoms with Gasteiger partial charge in [0, 0.05) is 6.61 Å². The first kappa shape index (κ1) is 9.40. The van der Waals surface area contributed by atoms with Gasteiger partial charge in [0.25, 0.3) is 0 Å². The van der Waals surface area contributed by atoms with E-state index < -0.39 is 5.95 Å². The van der Waals surface area contributed by atoms with Gasteiger partial charge < -0.3 is 10.1 Å². The largest absolute Gasteiger partial charge is 0.378 e. The normalized spacial score (nSPS) is 26.4. The van der Waals surface area contributed by atoms with E-state index in [1.165, 1.54) is 12.3 Å². The zero-order valence-electron chi connectivity index (χ0n) is 8.03. The summed E-state index contributed by atoms with van der Waals surface area (Å²) >= 11 is 0. The molecule has 4 heteroatoms. The predicted octanol–water partition coefficient (Wildman–Crippen LogP) is 1.81. The molecule has 0 bridgehead atoms. The van der Waals surface area contributed by atoms with Crippen LogP contribution in [0, 0.1) is 5.95 Å². The molecule has 0 saturated carbocycles. The number of pyridine rings is 1. The van der Waals surface area contributed by atoms with Crippen molar-refractivity contribution < 1.29 is 9.13 Å². The van der Waals surface area contributed by atoms with E-state index in [2.05, 4.69) is 10.3 Å². The number of anilines is 1. The number of nitrogens with one attached hydrogen (secondary N) is 1. The van der Waals surface area contributed by atoms with Crippen molar-refractivity contribution in [1.29, 1.82) is 0 Å². The number of hydrogen-bond donors (Lipinski definition) is 1. The van der Waals surface area contributed by atoms with Crippen LogP contribution in [0.2, 0.25) is 0 Å². The first-order valence-corrected chi connectivity index (χ1v) is 4.75. The maximum absolute atomic E-state index is 12.5. The molecular weight excluding hydrogens is 183 g/mol. The van der Waals surface area contributed by atoms with Crippen molar-refractivity contribution in [2.24, 2.45) is 0 Å². The van der Waals surface area contributed by atoms with Crippen LogP contribution in [0.3, 0.4) is 0 Å². The van der Waals surface area contributed by atoms with Crippen LogP contribution >= 0.6 is 0 Å². The van der Waals surface area contributed by atoms with Crippen molar-refractivity contribution in [3.8, 4) is 0 Å². The molecule has 1 N–H and O–H groups in total. The van der Waals surface area contributed by atoms with Crippen LogP contribution in [0.5, 0.6) is 0 Å². The minimum absolute atomic E-state index is 0.208. The molecule has 2 atom stereocenters. The Bertz CT molecular complexity index is 301. The van der Waals surface area contributed by atoms with Gasteiger partial charge in [0.15, 0.2) is 0 Å². The molecule has 1 fully saturated rings. The molecule has 0 aliphatic carbocycles. The van der Waals surface area contributed by atoms with E-state index in [1.54, 1.807) is 6.07 Å². The van der Waals surface area contributed by atoms with Gasteiger partial charge >= 0.3 is 0 Å². The highest BCUT2D eigenvalue weighted by atomic mass is 19.1. The zero-order valence-corrected chi connectivity index (χ0v) is 8.03. The Morgan fingerprint density at radius 3 is 3.00 bits per heavy atom. The van der Waals surface area contributed by atoms with Gasteiger partial charge in [-0.3, -0.25) is 0 Å². The average Bonchev–Trinajstić information content (AvgIpc) is 2.56. The summed E-state index contributed by atoms with van der Waals surface area (Å²) in [5.74, 6) is -0.453. The second-order valence-corrected chi connectivity index (χ2v) is 3.49. The Hall–Kier alpha value is -1.16. The van der Waals surface area contributed by atoms with Gasteiger partial charge in [-0.15, -0.1) is 0 Å². The Morgan fingerprint density at radius 1 is 1.57 bits per heavy atom. The minimum atomic E-state index is -0.453. The van der Waals surface area contributed by atoms with E-state index >= 15 is 0 Å². The fourth-order valence-corrected chi connectivity index (χ4v) is 1.60. The van der Waals surface area contributed by atoms with Crippen molar-refractivity contribution in [3.05, 3.63) is 24.3 Å². The highest BCUT2D eigenvalue weighted by Crippen LogP contribution is 2.18. The number of rotatable bonds is 2. The van der Waals surface area contributed by atoms with E-state index in [1.807, 2.05) is 6.92 Å². The van der Waals surface area contributed by atoms with E-state index in [4.69, 9.17) is 4.74 Å². The van der Waals surface area contributed by atoms with E-state index in [9.17, 15) is 4.39 Å². The molecule has 14 heavy (non-hydrogen) atoms. The topological polar surface area (TPSA) is 34.1 Å². The van der Waals surface area contributed by atoms with Crippen molar-refractivity contribution in [3.63, 3.8) is 0 Å². The molecule has 1 aromatic heterocycles. The molecule has 76 valence electrons. The monoisotopic (exact) mass is 196 g/mol. The summed E-state index contributed by atoms with van der Waals surface area (Å²) < 4.78 is 17.9. The standard InChI is InChI=1S/C10H13FN2O/c1-7-9(4-5-14-7)13-8-2-3-10(11)12-6-8/h2-3,6-7,9,13H,4-5H2,1H3. The lowest BCUT2D eigenvalue weighted by Crippen LogP contribution is -2.26. The van der Waals surface area contributed by atoms with Crippen LogP contribution in [0.4, 0.5) is 10.1 Å². The van der Waals surface area contributed by atoms with Gasteiger partial charge in [-0.25, -0.2) is 4.98 Å². The lowest BCUT2D eigenvalue weighted by atomic mass is 10.1. The summed E-state index contributed by atoms with van der Waals surface area (Å²) in [5, 5.41) is 3.26. The van der Waals surface area contributed by atoms with Crippen molar-refractivity contribution >= 4 is 5.69 Å². The first-order valence-electron chi connectivity index (χ1n) is 4.75. The number of ether oxygens (including phenoxy) is 1. The molecule has 0 radical (unpaired) electrons. The minimum Gasteiger partial charge on any atom is -0.378 e. The average molecular weight is 196 g/mol. The number of nitrogens with zero attached hydrogens (tertiary/aromatic N) is 1. The smallest absolute Gasteiger partial charge is 0.212 e. The van der Waals surface area contributed by atoms with Crippen LogP contribution < -0.4 is 5.32 Å². The highest BCUT2D eigenvalue weighted by Gasteiger charge is 2.23. The molecule has 0 spiro atoms. The Morgan fingerprint density at radius 2 is 2.43 bits per heavy atom. The lowest BCUT2D eigenvalue weighted by Gasteiger charge is -2.16. The number of hydrogen-bond acceptors (Lipinski definition) is 3. The second-order valence-electron chi connectivity index (χ2n) is 3.49. The molecule has 2 heterocycles. The Labute approximate surface area is 82.3 Å². The van der Waals surface area contributed by atoms with Crippen LogP contribution in [-0.2, 0) is 4.74 Å². The van der Waals surface area contributed by atoms with Gasteiger partial charge in [0.2, 0.25) is 5.95 Å². The molecule has 1 aliphatic rings. The maximum Gasteiger partial charge on any atom is 0.212 e. The Kier molecular flexibility index (Phi) is 2.63. The maximum atomic E-state index is 12.5. The summed E-state index contributed by atoms with van der Waals surface area (Å²) in [4.78, 5) is 3.58. The van der Waals surface area contributed by atoms with Gasteiger partial charge in [-0.2, -0.15) is 4.39 Å². The highest BCUT2D eigenvalue weighted by molar-refractivity contribution is 5.41. The SMILES string of the molecule is CC1OCCC1Nc1ccc(F)nc1. The Balaban J connectivity index is 2.00. The van der Waals surface area contributed by atoms with Gasteiger partial charge in [-0.1, -0.05) is 0 Å². The molecule has 2 unspecified atom stereocenters. The van der Waals surface area contributed by atoms with Crippen LogP contribution in [0.1, 0.15) is 13.3 Å². The number of halogens is 1. The van der Waals surface area contributed by atoms with Crippen molar-refractivity contribution in [2.45, 2.75) is 25.5 Å². The molecule has 1 saturated heterocycles. The fourth-order valence-electron chi connectivity index (χ4n) is 1.60. The zero-order chi connectivity index (χ0) is 9.97. The van der Waals surface area contributed by atoms with Crippen LogP contribution in [-0.4, -0.2) is 23.7 Å². The first-order chi connectivity index (χ1) is 6.75. The van der Waals surface area contributed by atoms with E-state index in [0.29, 0.717) is 6.04 Å². The van der Waals surface area contributed by atoms with Crippen molar-refractivity contribution in [1.82, 2.24) is 4.98 Å². The van der Waals surface area contributed by atoms with E-state index in [-0.39, 0.29) is 6.10 Å². The third kappa shape index (κ3) is 2.01. The van der Waals surface area contributed by atoms with Crippen LogP contribution in [0.15, 0.2) is 18.3 Å². The summed E-state index contributed by atoms with van der Waals surface area (Å²) in [6, 6.07) is 3.35. The van der Waals surface area contributed by atoms with Crippen LogP contribution in [0.25, 0.3) is 0 Å². The van der Waals surface area contributed by atoms with E-state index in [0.717, 1.165) is 18.7 Å². The third-order valence-electron chi connectivity index (χ3n) is 2.46. The number of aromatic nitrogens is 1. The molecule has 1 aliphatic heterocycles. The molecule has 1 aromatic rings. The molecule has 0 amide bonds. The quantitative estimate of drug-likeness (QED) is 0.732. The summed E-state index contributed by atoms with van der Waals surface area (Å²) in [6.45, 7) is 2.81. The summed E-state index contributed by atoms with van der Waals surface area (Å²) in [5.41, 5.74) is 0.841. The fraction of sp³-hybridized carbons (Fsp3) is 0.500. The third-order valence-corrected chi connectivity index (χ3v) is 2.46. The molecule has 2 rings (SSSR count). The molecule has 3 nitrogen and oxygen atoms in total. The molecule has 0 aromatic carbocycles. The second kappa shape index (κ2) is 3.92. The van der Waals surface area contributed by atoms with Gasteiger partial charge in [0.05, 0.1) is 24.0 Å². The van der Waals surface area contributed by atoms with Gasteiger partial charge in [0.1, 0.15) is 0 Å². The lowest BCUT2D eigenvalue weighted by molar-refractivity contribution is 0.121. The summed E-state index contributed by atoms with van der Waals surface area (Å²) in [6.07, 6.45) is 2.69. The summed E-state index contributed by atoms with van der Waals surface area (Å²) in [7, 11) is 0. The molecular formula is C10H13FN2O. The van der Waals surface area contributed by atoms with Gasteiger partial charge in [-0.05, 0) is 25.5 Å². The van der Waals surface area contributed by atoms with Crippen molar-refractivity contribution in [2.75, 3.05) is 11.9 Å².